The number of nitrogens with one attached hydrogen (secondary N) is 1. The summed E-state index contributed by atoms with van der Waals surface area (Å²) in [6, 6.07) is 10.9. The van der Waals surface area contributed by atoms with Gasteiger partial charge in [-0.15, -0.1) is 0 Å². The number of hydrogen-bond donors (Lipinski definition) is 1. The molecule has 0 fully saturated rings. The highest BCUT2D eigenvalue weighted by atomic mass is 35.5. The second kappa shape index (κ2) is 10.8. The van der Waals surface area contributed by atoms with Crippen molar-refractivity contribution in [1.29, 1.82) is 0 Å². The van der Waals surface area contributed by atoms with Gasteiger partial charge in [0.2, 0.25) is 11.8 Å². The molecule has 2 rings (SSSR count). The minimum absolute atomic E-state index is 0.0431. The van der Waals surface area contributed by atoms with Gasteiger partial charge in [0.15, 0.2) is 11.5 Å². The van der Waals surface area contributed by atoms with E-state index in [9.17, 15) is 18.4 Å². The molecule has 0 aromatic heterocycles. The van der Waals surface area contributed by atoms with Crippen molar-refractivity contribution < 1.29 is 27.8 Å². The van der Waals surface area contributed by atoms with Crippen molar-refractivity contribution in [2.24, 2.45) is 0 Å². The summed E-state index contributed by atoms with van der Waals surface area (Å²) in [7, 11) is 2.96. The van der Waals surface area contributed by atoms with E-state index in [2.05, 4.69) is 10.1 Å². The van der Waals surface area contributed by atoms with Gasteiger partial charge in [-0.05, 0) is 35.4 Å². The highest BCUT2D eigenvalue weighted by Crippen LogP contribution is 2.30. The summed E-state index contributed by atoms with van der Waals surface area (Å²) >= 11 is 5.91. The molecule has 1 unspecified atom stereocenters. The lowest BCUT2D eigenvalue weighted by atomic mass is 10.0. The monoisotopic (exact) mass is 440 g/mol. The SMILES string of the molecule is COc1cc(CN(C)C(=O)CC(NC(C)=O)c2ccc(Cl)cc2)ccc1OC(F)F. The summed E-state index contributed by atoms with van der Waals surface area (Å²) in [5.41, 5.74) is 1.43. The summed E-state index contributed by atoms with van der Waals surface area (Å²) < 4.78 is 34.4. The van der Waals surface area contributed by atoms with E-state index in [4.69, 9.17) is 16.3 Å². The molecule has 2 aromatic rings. The summed E-state index contributed by atoms with van der Waals surface area (Å²) in [5.74, 6) is -0.412. The number of halogens is 3. The Bertz CT molecular complexity index is 878. The molecular weight excluding hydrogens is 418 g/mol. The minimum Gasteiger partial charge on any atom is -0.493 e. The van der Waals surface area contributed by atoms with Crippen molar-refractivity contribution >= 4 is 23.4 Å². The number of nitrogens with zero attached hydrogens (tertiary/aromatic N) is 1. The molecule has 2 amide bonds. The first-order valence-corrected chi connectivity index (χ1v) is 9.45. The van der Waals surface area contributed by atoms with E-state index >= 15 is 0 Å². The number of amides is 2. The number of hydrogen-bond acceptors (Lipinski definition) is 4. The van der Waals surface area contributed by atoms with Gasteiger partial charge in [-0.1, -0.05) is 29.8 Å². The van der Waals surface area contributed by atoms with Gasteiger partial charge in [-0.3, -0.25) is 9.59 Å². The average Bonchev–Trinajstić information content (AvgIpc) is 2.68. The fraction of sp³-hybridized carbons (Fsp3) is 0.333. The molecule has 9 heteroatoms. The second-order valence-electron chi connectivity index (χ2n) is 6.62. The third-order valence-corrected chi connectivity index (χ3v) is 4.57. The van der Waals surface area contributed by atoms with Crippen LogP contribution in [0.5, 0.6) is 11.5 Å². The van der Waals surface area contributed by atoms with E-state index in [-0.39, 0.29) is 36.3 Å². The maximum Gasteiger partial charge on any atom is 0.387 e. The fourth-order valence-corrected chi connectivity index (χ4v) is 3.01. The molecule has 6 nitrogen and oxygen atoms in total. The van der Waals surface area contributed by atoms with Crippen molar-refractivity contribution in [1.82, 2.24) is 10.2 Å². The maximum atomic E-state index is 12.7. The van der Waals surface area contributed by atoms with Gasteiger partial charge in [0, 0.05) is 25.5 Å². The second-order valence-corrected chi connectivity index (χ2v) is 7.06. The minimum atomic E-state index is -2.97. The number of carbonyl (C=O) groups is 2. The Kier molecular flexibility index (Phi) is 8.41. The number of benzene rings is 2. The van der Waals surface area contributed by atoms with Crippen LogP contribution in [0.15, 0.2) is 42.5 Å². The van der Waals surface area contributed by atoms with Crippen molar-refractivity contribution in [3.8, 4) is 11.5 Å². The summed E-state index contributed by atoms with van der Waals surface area (Å²) in [4.78, 5) is 25.8. The number of alkyl halides is 2. The molecule has 0 radical (unpaired) electrons. The van der Waals surface area contributed by atoms with Gasteiger partial charge in [0.25, 0.3) is 0 Å². The molecular formula is C21H23ClF2N2O4. The van der Waals surface area contributed by atoms with Crippen LogP contribution in [0.4, 0.5) is 8.78 Å². The van der Waals surface area contributed by atoms with Gasteiger partial charge < -0.3 is 19.7 Å². The van der Waals surface area contributed by atoms with Gasteiger partial charge in [-0.2, -0.15) is 8.78 Å². The fourth-order valence-electron chi connectivity index (χ4n) is 2.89. The van der Waals surface area contributed by atoms with E-state index in [1.54, 1.807) is 37.4 Å². The molecule has 0 aliphatic rings. The molecule has 162 valence electrons. The van der Waals surface area contributed by atoms with Crippen molar-refractivity contribution in [2.45, 2.75) is 32.5 Å². The first-order valence-electron chi connectivity index (χ1n) is 9.08. The standard InChI is InChI=1S/C21H23ClF2N2O4/c1-13(27)25-17(15-5-7-16(22)8-6-15)11-20(28)26(2)12-14-4-9-18(30-21(23)24)19(10-14)29-3/h4-10,17,21H,11-12H2,1-3H3,(H,25,27). The maximum absolute atomic E-state index is 12.7. The molecule has 0 heterocycles. The summed E-state index contributed by atoms with van der Waals surface area (Å²) in [5, 5.41) is 3.32. The van der Waals surface area contributed by atoms with E-state index in [1.807, 2.05) is 0 Å². The zero-order valence-corrected chi connectivity index (χ0v) is 17.6. The smallest absolute Gasteiger partial charge is 0.387 e. The van der Waals surface area contributed by atoms with E-state index in [0.717, 1.165) is 5.56 Å². The van der Waals surface area contributed by atoms with E-state index < -0.39 is 12.7 Å². The third kappa shape index (κ3) is 6.88. The van der Waals surface area contributed by atoms with Crippen LogP contribution in [0.25, 0.3) is 0 Å². The van der Waals surface area contributed by atoms with Gasteiger partial charge in [0.05, 0.1) is 19.6 Å². The Balaban J connectivity index is 2.09. The molecule has 30 heavy (non-hydrogen) atoms. The lowest BCUT2D eigenvalue weighted by molar-refractivity contribution is -0.131. The van der Waals surface area contributed by atoms with Crippen molar-refractivity contribution in [2.75, 3.05) is 14.2 Å². The predicted molar refractivity (Wildman–Crippen MR) is 109 cm³/mol. The topological polar surface area (TPSA) is 67.9 Å². The van der Waals surface area contributed by atoms with Crippen molar-refractivity contribution in [3.05, 3.63) is 58.6 Å². The lowest BCUT2D eigenvalue weighted by Crippen LogP contribution is -2.33. The molecule has 1 N–H and O–H groups in total. The van der Waals surface area contributed by atoms with Crippen LogP contribution in [0.2, 0.25) is 5.02 Å². The van der Waals surface area contributed by atoms with E-state index in [1.165, 1.54) is 31.1 Å². The van der Waals surface area contributed by atoms with Crippen molar-refractivity contribution in [3.63, 3.8) is 0 Å². The Hall–Kier alpha value is -2.87. The summed E-state index contributed by atoms with van der Waals surface area (Å²) in [6.45, 7) is -1.36. The number of carbonyl (C=O) groups excluding carboxylic acids is 2. The van der Waals surface area contributed by atoms with Gasteiger partial charge >= 0.3 is 6.61 Å². The molecule has 0 bridgehead atoms. The lowest BCUT2D eigenvalue weighted by Gasteiger charge is -2.23. The largest absolute Gasteiger partial charge is 0.493 e. The first-order chi connectivity index (χ1) is 14.2. The molecule has 0 aliphatic heterocycles. The zero-order chi connectivity index (χ0) is 22.3. The van der Waals surface area contributed by atoms with Crippen LogP contribution < -0.4 is 14.8 Å². The Morgan fingerprint density at radius 2 is 1.80 bits per heavy atom. The predicted octanol–water partition coefficient (Wildman–Crippen LogP) is 4.18. The Labute approximate surface area is 178 Å². The van der Waals surface area contributed by atoms with Crippen LogP contribution in [-0.2, 0) is 16.1 Å². The van der Waals surface area contributed by atoms with Crippen LogP contribution in [0, 0.1) is 0 Å². The molecule has 0 aliphatic carbocycles. The van der Waals surface area contributed by atoms with Crippen LogP contribution in [0.3, 0.4) is 0 Å². The highest BCUT2D eigenvalue weighted by molar-refractivity contribution is 6.30. The van der Waals surface area contributed by atoms with Gasteiger partial charge in [0.1, 0.15) is 0 Å². The van der Waals surface area contributed by atoms with Crippen LogP contribution in [-0.4, -0.2) is 37.5 Å². The molecule has 0 saturated carbocycles. The van der Waals surface area contributed by atoms with E-state index in [0.29, 0.717) is 10.6 Å². The number of rotatable bonds is 9. The average molecular weight is 441 g/mol. The highest BCUT2D eigenvalue weighted by Gasteiger charge is 2.20. The summed E-state index contributed by atoms with van der Waals surface area (Å²) in [6.07, 6.45) is 0.0431. The molecule has 0 spiro atoms. The molecule has 0 saturated heterocycles. The first kappa shape index (κ1) is 23.4. The normalized spacial score (nSPS) is 11.7. The molecule has 1 atom stereocenters. The van der Waals surface area contributed by atoms with Crippen LogP contribution in [0.1, 0.15) is 30.5 Å². The zero-order valence-electron chi connectivity index (χ0n) is 16.8. The van der Waals surface area contributed by atoms with Crippen LogP contribution >= 0.6 is 11.6 Å². The van der Waals surface area contributed by atoms with Gasteiger partial charge in [-0.25, -0.2) is 0 Å². The number of methoxy groups -OCH3 is 1. The number of ether oxygens (including phenoxy) is 2. The Morgan fingerprint density at radius 3 is 2.37 bits per heavy atom. The third-order valence-electron chi connectivity index (χ3n) is 4.32. The molecule has 2 aromatic carbocycles. The quantitative estimate of drug-likeness (QED) is 0.635. The Morgan fingerprint density at radius 1 is 1.13 bits per heavy atom.